The summed E-state index contributed by atoms with van der Waals surface area (Å²) in [5.74, 6) is 0. The number of aromatic amines is 1. The van der Waals surface area contributed by atoms with Gasteiger partial charge in [-0.2, -0.15) is 0 Å². The molecule has 0 bridgehead atoms. The summed E-state index contributed by atoms with van der Waals surface area (Å²) < 4.78 is 0. The smallest absolute Gasteiger partial charge is 0.248 e. The lowest BCUT2D eigenvalue weighted by atomic mass is 9.84. The van der Waals surface area contributed by atoms with Crippen LogP contribution in [0.5, 0.6) is 0 Å². The lowest BCUT2D eigenvalue weighted by molar-refractivity contribution is 0.560. The topological polar surface area (TPSA) is 44.9 Å². The summed E-state index contributed by atoms with van der Waals surface area (Å²) in [6.07, 6.45) is 4.16. The molecule has 2 N–H and O–H groups in total. The second kappa shape index (κ2) is 11.8. The van der Waals surface area contributed by atoms with Crippen LogP contribution >= 0.6 is 0 Å². The van der Waals surface area contributed by atoms with Gasteiger partial charge in [0.1, 0.15) is 0 Å². The van der Waals surface area contributed by atoms with Crippen LogP contribution in [0.3, 0.4) is 0 Å². The zero-order valence-corrected chi connectivity index (χ0v) is 15.8. The van der Waals surface area contributed by atoms with Crippen molar-refractivity contribution in [3.05, 3.63) is 57.7 Å². The van der Waals surface area contributed by atoms with Crippen molar-refractivity contribution in [2.24, 2.45) is 0 Å². The number of likely N-dealkylation sites (N-methyl/N-ethyl adjacent to an activating group) is 1. The van der Waals surface area contributed by atoms with Gasteiger partial charge in [0.25, 0.3) is 0 Å². The first kappa shape index (κ1) is 22.5. The van der Waals surface area contributed by atoms with Crippen molar-refractivity contribution >= 4 is 0 Å². The molecule has 1 aromatic heterocycles. The van der Waals surface area contributed by atoms with E-state index in [-0.39, 0.29) is 11.0 Å². The van der Waals surface area contributed by atoms with Crippen molar-refractivity contribution < 1.29 is 0 Å². The second-order valence-corrected chi connectivity index (χ2v) is 4.89. The molecule has 0 radical (unpaired) electrons. The van der Waals surface area contributed by atoms with Crippen LogP contribution in [0.1, 0.15) is 61.1 Å². The van der Waals surface area contributed by atoms with Crippen molar-refractivity contribution in [1.29, 1.82) is 0 Å². The largest absolute Gasteiger partial charge is 0.391 e. The minimum Gasteiger partial charge on any atom is -0.391 e. The zero-order valence-electron chi connectivity index (χ0n) is 15.8. The maximum absolute atomic E-state index is 11.4. The molecule has 0 aromatic carbocycles. The van der Waals surface area contributed by atoms with Gasteiger partial charge in [-0.25, -0.2) is 0 Å². The average molecular weight is 306 g/mol. The molecule has 126 valence electrons. The number of aromatic nitrogens is 1. The van der Waals surface area contributed by atoms with Gasteiger partial charge < -0.3 is 10.3 Å². The maximum Gasteiger partial charge on any atom is 0.248 e. The van der Waals surface area contributed by atoms with Crippen molar-refractivity contribution in [3.8, 4) is 0 Å². The number of nitrogens with one attached hydrogen (secondary N) is 2. The Labute approximate surface area is 136 Å². The van der Waals surface area contributed by atoms with Crippen LogP contribution in [0.25, 0.3) is 0 Å². The molecule has 1 heterocycles. The minimum absolute atomic E-state index is 0.0706. The first-order valence-corrected chi connectivity index (χ1v) is 8.14. The third-order valence-corrected chi connectivity index (χ3v) is 3.21. The van der Waals surface area contributed by atoms with Gasteiger partial charge in [-0.1, -0.05) is 45.4 Å². The van der Waals surface area contributed by atoms with E-state index >= 15 is 0 Å². The lowest BCUT2D eigenvalue weighted by Crippen LogP contribution is -2.31. The minimum atomic E-state index is -0.264. The van der Waals surface area contributed by atoms with Crippen LogP contribution < -0.4 is 10.9 Å². The number of hydrogen-bond acceptors (Lipinski definition) is 2. The molecule has 0 aliphatic carbocycles. The van der Waals surface area contributed by atoms with E-state index in [1.165, 1.54) is 11.6 Å². The van der Waals surface area contributed by atoms with Gasteiger partial charge in [0.15, 0.2) is 0 Å². The molecule has 22 heavy (non-hydrogen) atoms. The number of pyridine rings is 1. The average Bonchev–Trinajstić information content (AvgIpc) is 2.55. The molecule has 0 spiro atoms. The molecule has 0 unspecified atom stereocenters. The normalized spacial score (nSPS) is 11.7. The highest BCUT2D eigenvalue weighted by atomic mass is 16.1. The second-order valence-electron chi connectivity index (χ2n) is 4.89. The molecule has 3 nitrogen and oxygen atoms in total. The Morgan fingerprint density at radius 3 is 2.14 bits per heavy atom. The van der Waals surface area contributed by atoms with Crippen molar-refractivity contribution in [2.45, 2.75) is 60.8 Å². The quantitative estimate of drug-likeness (QED) is 0.787. The van der Waals surface area contributed by atoms with E-state index in [0.29, 0.717) is 0 Å². The monoisotopic (exact) mass is 306 g/mol. The molecule has 1 rings (SSSR count). The molecular weight excluding hydrogens is 272 g/mol. The van der Waals surface area contributed by atoms with Gasteiger partial charge in [-0.05, 0) is 39.8 Å². The van der Waals surface area contributed by atoms with E-state index in [1.54, 1.807) is 6.07 Å². The third kappa shape index (κ3) is 6.79. The third-order valence-electron chi connectivity index (χ3n) is 3.21. The summed E-state index contributed by atoms with van der Waals surface area (Å²) in [7, 11) is 1.90. The summed E-state index contributed by atoms with van der Waals surface area (Å²) in [6, 6.07) is 5.25. The standard InChI is InChI=1S/C15H22N2O.2C2H6/c1-6-11(2)10-13(16-5)15(3,4)12-8-7-9-14(18)17-12;2*1-2/h6-10,16H,1-5H3,(H,17,18);2*1-2H3/b11-6-,13-10-;;. The van der Waals surface area contributed by atoms with Crippen LogP contribution in [-0.2, 0) is 5.41 Å². The van der Waals surface area contributed by atoms with Gasteiger partial charge >= 0.3 is 0 Å². The molecule has 0 fully saturated rings. The van der Waals surface area contributed by atoms with Crippen LogP contribution in [0.2, 0.25) is 0 Å². The van der Waals surface area contributed by atoms with Crippen LogP contribution in [0.15, 0.2) is 46.4 Å². The first-order valence-electron chi connectivity index (χ1n) is 8.14. The number of rotatable bonds is 4. The zero-order chi connectivity index (χ0) is 17.8. The van der Waals surface area contributed by atoms with Gasteiger partial charge in [0.05, 0.1) is 0 Å². The Balaban J connectivity index is 0. The van der Waals surface area contributed by atoms with E-state index in [4.69, 9.17) is 0 Å². The van der Waals surface area contributed by atoms with E-state index < -0.39 is 0 Å². The summed E-state index contributed by atoms with van der Waals surface area (Å²) in [4.78, 5) is 14.3. The number of H-pyrrole nitrogens is 1. The summed E-state index contributed by atoms with van der Waals surface area (Å²) >= 11 is 0. The van der Waals surface area contributed by atoms with Gasteiger partial charge in [-0.15, -0.1) is 0 Å². The lowest BCUT2D eigenvalue weighted by Gasteiger charge is -2.28. The molecule has 1 aromatic rings. The summed E-state index contributed by atoms with van der Waals surface area (Å²) in [6.45, 7) is 16.2. The Kier molecular flexibility index (Phi) is 12.1. The van der Waals surface area contributed by atoms with E-state index in [1.807, 2.05) is 47.7 Å². The Morgan fingerprint density at radius 2 is 1.73 bits per heavy atom. The van der Waals surface area contributed by atoms with Gasteiger partial charge in [0, 0.05) is 29.9 Å². The maximum atomic E-state index is 11.4. The first-order chi connectivity index (χ1) is 10.4. The Hall–Kier alpha value is -1.77. The Morgan fingerprint density at radius 1 is 1.18 bits per heavy atom. The van der Waals surface area contributed by atoms with Crippen LogP contribution in [0, 0.1) is 0 Å². The fraction of sp³-hybridized carbons (Fsp3) is 0.526. The van der Waals surface area contributed by atoms with Crippen molar-refractivity contribution in [2.75, 3.05) is 7.05 Å². The fourth-order valence-corrected chi connectivity index (χ4v) is 1.83. The van der Waals surface area contributed by atoms with E-state index in [0.717, 1.165) is 11.4 Å². The number of hydrogen-bond donors (Lipinski definition) is 2. The number of allylic oxidation sites excluding steroid dienone is 4. The van der Waals surface area contributed by atoms with Crippen molar-refractivity contribution in [3.63, 3.8) is 0 Å². The predicted molar refractivity (Wildman–Crippen MR) is 99.4 cm³/mol. The highest BCUT2D eigenvalue weighted by Crippen LogP contribution is 2.28. The molecule has 3 heteroatoms. The summed E-state index contributed by atoms with van der Waals surface area (Å²) in [5.41, 5.74) is 2.82. The van der Waals surface area contributed by atoms with Gasteiger partial charge in [-0.3, -0.25) is 4.79 Å². The molecule has 0 saturated heterocycles. The molecule has 0 aliphatic heterocycles. The van der Waals surface area contributed by atoms with Crippen LogP contribution in [-0.4, -0.2) is 12.0 Å². The molecule has 0 saturated carbocycles. The summed E-state index contributed by atoms with van der Waals surface area (Å²) in [5, 5.41) is 3.22. The fourth-order valence-electron chi connectivity index (χ4n) is 1.83. The Bertz CT molecular complexity index is 522. The molecule has 0 amide bonds. The van der Waals surface area contributed by atoms with Crippen molar-refractivity contribution in [1.82, 2.24) is 10.3 Å². The van der Waals surface area contributed by atoms with E-state index in [9.17, 15) is 4.79 Å². The SMILES string of the molecule is C/C=C(C)\C=C(/NC)C(C)(C)c1cccc(=O)[nH]1.CC.CC. The highest BCUT2D eigenvalue weighted by Gasteiger charge is 2.25. The molecule has 0 atom stereocenters. The molecule has 0 aliphatic rings. The van der Waals surface area contributed by atoms with E-state index in [2.05, 4.69) is 43.2 Å². The van der Waals surface area contributed by atoms with Gasteiger partial charge in [0.2, 0.25) is 5.56 Å². The molecular formula is C19H34N2O. The van der Waals surface area contributed by atoms with Crippen LogP contribution in [0.4, 0.5) is 0 Å². The highest BCUT2D eigenvalue weighted by molar-refractivity contribution is 5.33. The predicted octanol–water partition coefficient (Wildman–Crippen LogP) is 4.77.